The van der Waals surface area contributed by atoms with Gasteiger partial charge < -0.3 is 14.6 Å². The minimum absolute atomic E-state index is 0.292. The Bertz CT molecular complexity index is 914. The Morgan fingerprint density at radius 1 is 1.12 bits per heavy atom. The number of methoxy groups -OCH3 is 1. The van der Waals surface area contributed by atoms with Gasteiger partial charge in [-0.1, -0.05) is 12.1 Å². The Morgan fingerprint density at radius 3 is 2.83 bits per heavy atom. The fraction of sp³-hybridized carbons (Fsp3) is 0.300. The third-order valence-corrected chi connectivity index (χ3v) is 4.87. The van der Waals surface area contributed by atoms with Crippen LogP contribution in [0.3, 0.4) is 0 Å². The highest BCUT2D eigenvalue weighted by atomic mass is 19.1. The number of fused-ring (bicyclic) bond motifs is 3. The van der Waals surface area contributed by atoms with Crippen LogP contribution in [0.15, 0.2) is 36.4 Å². The molecule has 0 spiro atoms. The topological polar surface area (TPSA) is 26.2 Å². The summed E-state index contributed by atoms with van der Waals surface area (Å²) >= 11 is 0. The highest BCUT2D eigenvalue weighted by Gasteiger charge is 2.14. The molecule has 0 fully saturated rings. The van der Waals surface area contributed by atoms with Crippen LogP contribution in [0.4, 0.5) is 4.39 Å². The smallest absolute Gasteiger partial charge is 0.165 e. The van der Waals surface area contributed by atoms with E-state index in [-0.39, 0.29) is 5.82 Å². The molecule has 2 heterocycles. The lowest BCUT2D eigenvalue weighted by Crippen LogP contribution is -2.17. The molecule has 4 rings (SSSR count). The van der Waals surface area contributed by atoms with E-state index in [1.54, 1.807) is 12.1 Å². The maximum Gasteiger partial charge on any atom is 0.165 e. The highest BCUT2D eigenvalue weighted by molar-refractivity contribution is 5.87. The van der Waals surface area contributed by atoms with Crippen LogP contribution in [0.25, 0.3) is 22.0 Å². The van der Waals surface area contributed by atoms with Crippen LogP contribution in [-0.2, 0) is 13.0 Å². The Morgan fingerprint density at radius 2 is 2.00 bits per heavy atom. The SMILES string of the molecule is COc1cc(C)c(-c2ccc3cc4n(c3c2)CCNCC4)cc1F. The molecule has 0 unspecified atom stereocenters. The normalized spacial score (nSPS) is 14.5. The minimum atomic E-state index is -0.323. The van der Waals surface area contributed by atoms with E-state index in [0.717, 1.165) is 42.7 Å². The number of hydrogen-bond acceptors (Lipinski definition) is 2. The number of benzene rings is 2. The van der Waals surface area contributed by atoms with Gasteiger partial charge in [0.05, 0.1) is 7.11 Å². The fourth-order valence-electron chi connectivity index (χ4n) is 3.61. The molecule has 0 amide bonds. The Hall–Kier alpha value is -2.33. The molecule has 1 aliphatic rings. The zero-order valence-electron chi connectivity index (χ0n) is 14.0. The first-order chi connectivity index (χ1) is 11.7. The fourth-order valence-corrected chi connectivity index (χ4v) is 3.61. The number of rotatable bonds is 2. The molecule has 4 heteroatoms. The van der Waals surface area contributed by atoms with Crippen LogP contribution >= 0.6 is 0 Å². The molecule has 0 radical (unpaired) electrons. The molecule has 0 aliphatic carbocycles. The van der Waals surface area contributed by atoms with E-state index < -0.39 is 0 Å². The maximum absolute atomic E-state index is 14.2. The van der Waals surface area contributed by atoms with Crippen molar-refractivity contribution >= 4 is 10.9 Å². The van der Waals surface area contributed by atoms with E-state index in [9.17, 15) is 4.39 Å². The molecule has 1 aromatic heterocycles. The van der Waals surface area contributed by atoms with Gasteiger partial charge in [-0.25, -0.2) is 4.39 Å². The minimum Gasteiger partial charge on any atom is -0.494 e. The first kappa shape index (κ1) is 15.2. The van der Waals surface area contributed by atoms with Crippen LogP contribution in [-0.4, -0.2) is 24.8 Å². The average Bonchev–Trinajstić information content (AvgIpc) is 2.76. The molecule has 3 nitrogen and oxygen atoms in total. The maximum atomic E-state index is 14.2. The van der Waals surface area contributed by atoms with Crippen molar-refractivity contribution in [1.82, 2.24) is 9.88 Å². The van der Waals surface area contributed by atoms with Crippen LogP contribution < -0.4 is 10.1 Å². The number of aromatic nitrogens is 1. The zero-order valence-corrected chi connectivity index (χ0v) is 14.0. The average molecular weight is 324 g/mol. The van der Waals surface area contributed by atoms with Gasteiger partial charge in [0.2, 0.25) is 0 Å². The summed E-state index contributed by atoms with van der Waals surface area (Å²) in [4.78, 5) is 0. The molecule has 0 saturated heterocycles. The van der Waals surface area contributed by atoms with E-state index in [1.165, 1.54) is 23.7 Å². The van der Waals surface area contributed by atoms with Gasteiger partial charge in [0.1, 0.15) is 0 Å². The number of nitrogens with zero attached hydrogens (tertiary/aromatic N) is 1. The molecular formula is C20H21FN2O. The summed E-state index contributed by atoms with van der Waals surface area (Å²) < 4.78 is 21.6. The standard InChI is InChI=1S/C20H21FN2O/c1-13-9-20(24-2)18(21)12-17(13)14-3-4-15-10-16-5-6-22-7-8-23(16)19(15)11-14/h3-4,9-12,22H,5-8H2,1-2H3. The zero-order chi connectivity index (χ0) is 16.7. The summed E-state index contributed by atoms with van der Waals surface area (Å²) in [5.74, 6) is -0.0312. The van der Waals surface area contributed by atoms with Gasteiger partial charge in [-0.3, -0.25) is 0 Å². The largest absolute Gasteiger partial charge is 0.494 e. The van der Waals surface area contributed by atoms with Crippen molar-refractivity contribution in [2.75, 3.05) is 20.2 Å². The summed E-state index contributed by atoms with van der Waals surface area (Å²) in [5, 5.41) is 4.69. The first-order valence-corrected chi connectivity index (χ1v) is 8.35. The molecule has 2 aromatic carbocycles. The second-order valence-corrected chi connectivity index (χ2v) is 6.36. The number of halogens is 1. The quantitative estimate of drug-likeness (QED) is 0.773. The van der Waals surface area contributed by atoms with Crippen molar-refractivity contribution in [2.45, 2.75) is 19.9 Å². The molecular weight excluding hydrogens is 303 g/mol. The van der Waals surface area contributed by atoms with Crippen molar-refractivity contribution in [2.24, 2.45) is 0 Å². The summed E-state index contributed by atoms with van der Waals surface area (Å²) in [6.45, 7) is 4.96. The third kappa shape index (κ3) is 2.47. The monoisotopic (exact) mass is 324 g/mol. The summed E-state index contributed by atoms with van der Waals surface area (Å²) in [7, 11) is 1.49. The van der Waals surface area contributed by atoms with Gasteiger partial charge in [-0.05, 0) is 53.3 Å². The van der Waals surface area contributed by atoms with Gasteiger partial charge in [-0.15, -0.1) is 0 Å². The molecule has 24 heavy (non-hydrogen) atoms. The predicted octanol–water partition coefficient (Wildman–Crippen LogP) is 3.91. The van der Waals surface area contributed by atoms with Gasteiger partial charge in [0, 0.05) is 37.3 Å². The highest BCUT2D eigenvalue weighted by Crippen LogP contribution is 2.32. The predicted molar refractivity (Wildman–Crippen MR) is 95.2 cm³/mol. The van der Waals surface area contributed by atoms with E-state index in [4.69, 9.17) is 4.74 Å². The van der Waals surface area contributed by atoms with Gasteiger partial charge >= 0.3 is 0 Å². The molecule has 0 bridgehead atoms. The van der Waals surface area contributed by atoms with Crippen molar-refractivity contribution < 1.29 is 9.13 Å². The Labute approximate surface area is 141 Å². The lowest BCUT2D eigenvalue weighted by molar-refractivity contribution is 0.386. The third-order valence-electron chi connectivity index (χ3n) is 4.87. The summed E-state index contributed by atoms with van der Waals surface area (Å²) in [6, 6.07) is 12.0. The van der Waals surface area contributed by atoms with E-state index in [0.29, 0.717) is 5.75 Å². The number of aryl methyl sites for hydroxylation is 1. The number of nitrogens with one attached hydrogen (secondary N) is 1. The molecule has 0 saturated carbocycles. The van der Waals surface area contributed by atoms with E-state index in [2.05, 4.69) is 34.1 Å². The van der Waals surface area contributed by atoms with Gasteiger partial charge in [0.15, 0.2) is 11.6 Å². The van der Waals surface area contributed by atoms with Crippen molar-refractivity contribution in [3.8, 4) is 16.9 Å². The lowest BCUT2D eigenvalue weighted by Gasteiger charge is -2.11. The lowest BCUT2D eigenvalue weighted by atomic mass is 9.99. The summed E-state index contributed by atoms with van der Waals surface area (Å²) in [6.07, 6.45) is 1.04. The number of hydrogen-bond donors (Lipinski definition) is 1. The van der Waals surface area contributed by atoms with Crippen LogP contribution in [0, 0.1) is 12.7 Å². The van der Waals surface area contributed by atoms with Crippen molar-refractivity contribution in [1.29, 1.82) is 0 Å². The van der Waals surface area contributed by atoms with Crippen LogP contribution in [0.1, 0.15) is 11.3 Å². The molecule has 1 aliphatic heterocycles. The second-order valence-electron chi connectivity index (χ2n) is 6.36. The van der Waals surface area contributed by atoms with E-state index in [1.807, 2.05) is 6.92 Å². The first-order valence-electron chi connectivity index (χ1n) is 8.35. The molecule has 3 aromatic rings. The van der Waals surface area contributed by atoms with Gasteiger partial charge in [-0.2, -0.15) is 0 Å². The summed E-state index contributed by atoms with van der Waals surface area (Å²) in [5.41, 5.74) is 5.56. The molecule has 1 N–H and O–H groups in total. The van der Waals surface area contributed by atoms with Crippen LogP contribution in [0.5, 0.6) is 5.75 Å². The molecule has 124 valence electrons. The van der Waals surface area contributed by atoms with Crippen molar-refractivity contribution in [3.05, 3.63) is 53.5 Å². The van der Waals surface area contributed by atoms with Crippen LogP contribution in [0.2, 0.25) is 0 Å². The van der Waals surface area contributed by atoms with E-state index >= 15 is 0 Å². The number of ether oxygens (including phenoxy) is 1. The Kier molecular flexibility index (Phi) is 3.77. The second kappa shape index (κ2) is 5.95. The molecule has 0 atom stereocenters. The Balaban J connectivity index is 1.86. The van der Waals surface area contributed by atoms with Crippen molar-refractivity contribution in [3.63, 3.8) is 0 Å². The van der Waals surface area contributed by atoms with Gasteiger partial charge in [0.25, 0.3) is 0 Å².